The Hall–Kier alpha value is -2.41. The molecule has 1 atom stereocenters. The van der Waals surface area contributed by atoms with Crippen LogP contribution in [0.3, 0.4) is 0 Å². The molecule has 0 radical (unpaired) electrons. The lowest BCUT2D eigenvalue weighted by Gasteiger charge is -2.33. The van der Waals surface area contributed by atoms with Crippen LogP contribution in [0, 0.1) is 0 Å². The van der Waals surface area contributed by atoms with Crippen LogP contribution in [-0.4, -0.2) is 79.5 Å². The van der Waals surface area contributed by atoms with E-state index in [1.54, 1.807) is 0 Å². The molecule has 178 valence electrons. The second-order valence-electron chi connectivity index (χ2n) is 9.05. The molecule has 1 N–H and O–H groups in total. The Bertz CT molecular complexity index is 861. The molecule has 2 fully saturated rings. The minimum Gasteiger partial charge on any atom is -0.491 e. The van der Waals surface area contributed by atoms with Crippen LogP contribution >= 0.6 is 0 Å². The number of carbonyl (C=O) groups is 1. The first-order chi connectivity index (χ1) is 16.2. The van der Waals surface area contributed by atoms with Crippen LogP contribution in [0.4, 0.5) is 0 Å². The third kappa shape index (κ3) is 7.03. The van der Waals surface area contributed by atoms with Crippen molar-refractivity contribution in [1.29, 1.82) is 0 Å². The number of hydrogen-bond acceptors (Lipinski definition) is 5. The van der Waals surface area contributed by atoms with Gasteiger partial charge < -0.3 is 24.4 Å². The molecule has 0 aliphatic carbocycles. The summed E-state index contributed by atoms with van der Waals surface area (Å²) in [6.07, 6.45) is 2.80. The number of para-hydroxylation sites is 1. The maximum atomic E-state index is 12.5. The third-order valence-electron chi connectivity index (χ3n) is 6.70. The number of ether oxygens (including phenoxy) is 2. The predicted octanol–water partition coefficient (Wildman–Crippen LogP) is 3.10. The molecule has 4 rings (SSSR count). The molecule has 6 nitrogen and oxygen atoms in total. The maximum Gasteiger partial charge on any atom is 0.223 e. The number of aryl methyl sites for hydroxylation is 1. The van der Waals surface area contributed by atoms with Crippen molar-refractivity contribution in [3.8, 4) is 5.75 Å². The molecule has 0 spiro atoms. The van der Waals surface area contributed by atoms with Gasteiger partial charge in [0, 0.05) is 26.1 Å². The second-order valence-corrected chi connectivity index (χ2v) is 9.05. The number of hydrogen-bond donors (Lipinski definition) is 1. The van der Waals surface area contributed by atoms with Crippen LogP contribution in [0.1, 0.15) is 36.3 Å². The molecule has 2 heterocycles. The molecule has 2 aromatic carbocycles. The number of morpholine rings is 1. The highest BCUT2D eigenvalue weighted by molar-refractivity contribution is 5.76. The first-order valence-corrected chi connectivity index (χ1v) is 12.2. The summed E-state index contributed by atoms with van der Waals surface area (Å²) in [5.41, 5.74) is 2.43. The molecular formula is C27H36N2O4. The molecular weight excluding hydrogens is 416 g/mol. The maximum absolute atomic E-state index is 12.5. The summed E-state index contributed by atoms with van der Waals surface area (Å²) in [6, 6.07) is 18.5. The van der Waals surface area contributed by atoms with E-state index in [1.807, 2.05) is 29.2 Å². The monoisotopic (exact) mass is 452 g/mol. The Morgan fingerprint density at radius 3 is 2.45 bits per heavy atom. The summed E-state index contributed by atoms with van der Waals surface area (Å²) in [5.74, 6) is 1.53. The molecule has 0 aromatic heterocycles. The van der Waals surface area contributed by atoms with Crippen molar-refractivity contribution in [2.24, 2.45) is 0 Å². The van der Waals surface area contributed by atoms with E-state index in [0.29, 0.717) is 51.6 Å². The van der Waals surface area contributed by atoms with E-state index in [-0.39, 0.29) is 12.5 Å². The highest BCUT2D eigenvalue weighted by Crippen LogP contribution is 2.28. The number of carbonyl (C=O) groups excluding carboxylic acids is 1. The van der Waals surface area contributed by atoms with Crippen LogP contribution < -0.4 is 4.74 Å². The molecule has 33 heavy (non-hydrogen) atoms. The summed E-state index contributed by atoms with van der Waals surface area (Å²) in [6.45, 7) is 5.46. The van der Waals surface area contributed by atoms with Gasteiger partial charge in [-0.15, -0.1) is 0 Å². The fourth-order valence-electron chi connectivity index (χ4n) is 4.77. The van der Waals surface area contributed by atoms with Crippen LogP contribution in [0.15, 0.2) is 54.6 Å². The van der Waals surface area contributed by atoms with E-state index >= 15 is 0 Å². The predicted molar refractivity (Wildman–Crippen MR) is 129 cm³/mol. The van der Waals surface area contributed by atoms with Crippen molar-refractivity contribution in [2.75, 3.05) is 52.5 Å². The summed E-state index contributed by atoms with van der Waals surface area (Å²) in [7, 11) is 0. The van der Waals surface area contributed by atoms with Crippen LogP contribution in [0.2, 0.25) is 0 Å². The molecule has 0 bridgehead atoms. The first-order valence-electron chi connectivity index (χ1n) is 12.2. The van der Waals surface area contributed by atoms with Gasteiger partial charge in [0.05, 0.1) is 13.2 Å². The number of amides is 1. The van der Waals surface area contributed by atoms with Gasteiger partial charge >= 0.3 is 0 Å². The highest BCUT2D eigenvalue weighted by atomic mass is 16.5. The van der Waals surface area contributed by atoms with E-state index in [4.69, 9.17) is 9.47 Å². The molecule has 2 aliphatic heterocycles. The Kier molecular flexibility index (Phi) is 8.75. The van der Waals surface area contributed by atoms with Gasteiger partial charge in [0.25, 0.3) is 0 Å². The van der Waals surface area contributed by atoms with E-state index in [1.165, 1.54) is 5.56 Å². The van der Waals surface area contributed by atoms with Crippen molar-refractivity contribution < 1.29 is 19.4 Å². The van der Waals surface area contributed by atoms with E-state index in [0.717, 1.165) is 37.2 Å². The van der Waals surface area contributed by atoms with Crippen molar-refractivity contribution in [2.45, 2.75) is 37.7 Å². The minimum absolute atomic E-state index is 0.159. The number of rotatable bonds is 9. The lowest BCUT2D eigenvalue weighted by Crippen LogP contribution is -2.40. The summed E-state index contributed by atoms with van der Waals surface area (Å²) in [4.78, 5) is 16.7. The van der Waals surface area contributed by atoms with Gasteiger partial charge in [-0.05, 0) is 55.5 Å². The van der Waals surface area contributed by atoms with Crippen molar-refractivity contribution in [3.63, 3.8) is 0 Å². The fraction of sp³-hybridized carbons (Fsp3) is 0.519. The quantitative estimate of drug-likeness (QED) is 0.634. The number of piperidine rings is 1. The van der Waals surface area contributed by atoms with Gasteiger partial charge in [-0.25, -0.2) is 0 Å². The van der Waals surface area contributed by atoms with Gasteiger partial charge in [0.2, 0.25) is 5.91 Å². The Morgan fingerprint density at radius 2 is 1.70 bits per heavy atom. The number of nitrogens with zero attached hydrogens (tertiary/aromatic N) is 2. The van der Waals surface area contributed by atoms with Crippen molar-refractivity contribution >= 4 is 5.91 Å². The molecule has 0 saturated carbocycles. The number of β-amino-alcohol motifs (C(OH)–C–C–N with tert-alkyl or cyclic N) is 1. The van der Waals surface area contributed by atoms with Crippen LogP contribution in [0.25, 0.3) is 0 Å². The first kappa shape index (κ1) is 23.7. The largest absolute Gasteiger partial charge is 0.491 e. The average molecular weight is 453 g/mol. The Labute approximate surface area is 197 Å². The van der Waals surface area contributed by atoms with Gasteiger partial charge in [-0.1, -0.05) is 48.5 Å². The van der Waals surface area contributed by atoms with Gasteiger partial charge in [0.15, 0.2) is 0 Å². The summed E-state index contributed by atoms with van der Waals surface area (Å²) in [5, 5.41) is 10.6. The average Bonchev–Trinajstić information content (AvgIpc) is 2.88. The highest BCUT2D eigenvalue weighted by Gasteiger charge is 2.22. The Morgan fingerprint density at radius 1 is 1.00 bits per heavy atom. The molecule has 6 heteroatoms. The normalized spacial score (nSPS) is 18.8. The van der Waals surface area contributed by atoms with E-state index < -0.39 is 6.10 Å². The van der Waals surface area contributed by atoms with E-state index in [9.17, 15) is 9.90 Å². The zero-order chi connectivity index (χ0) is 22.9. The van der Waals surface area contributed by atoms with Crippen LogP contribution in [0.5, 0.6) is 5.75 Å². The minimum atomic E-state index is -0.540. The Balaban J connectivity index is 1.20. The molecule has 1 unspecified atom stereocenters. The number of aliphatic hydroxyl groups is 1. The topological polar surface area (TPSA) is 62.2 Å². The smallest absolute Gasteiger partial charge is 0.223 e. The lowest BCUT2D eigenvalue weighted by atomic mass is 9.89. The summed E-state index contributed by atoms with van der Waals surface area (Å²) < 4.78 is 11.3. The van der Waals surface area contributed by atoms with Gasteiger partial charge in [-0.3, -0.25) is 4.79 Å². The zero-order valence-electron chi connectivity index (χ0n) is 19.4. The van der Waals surface area contributed by atoms with Gasteiger partial charge in [-0.2, -0.15) is 0 Å². The molecule has 2 aliphatic rings. The van der Waals surface area contributed by atoms with Crippen molar-refractivity contribution in [3.05, 3.63) is 65.7 Å². The molecule has 2 saturated heterocycles. The SMILES string of the molecule is O=C(CCc1ccccc1OCC(O)CN1CCC(c2ccccc2)CC1)N1CCOCC1. The number of likely N-dealkylation sites (tertiary alicyclic amines) is 1. The number of aliphatic hydroxyl groups excluding tert-OH is 1. The zero-order valence-corrected chi connectivity index (χ0v) is 19.4. The standard InChI is InChI=1S/C27H36N2O4/c30-25(20-28-14-12-23(13-15-28)22-6-2-1-3-7-22)21-33-26-9-5-4-8-24(26)10-11-27(31)29-16-18-32-19-17-29/h1-9,23,25,30H,10-21H2. The number of benzene rings is 2. The molecule has 1 amide bonds. The summed E-state index contributed by atoms with van der Waals surface area (Å²) >= 11 is 0. The molecule has 2 aromatic rings. The van der Waals surface area contributed by atoms with Gasteiger partial charge in [0.1, 0.15) is 18.5 Å². The second kappa shape index (κ2) is 12.2. The fourth-order valence-corrected chi connectivity index (χ4v) is 4.77. The van der Waals surface area contributed by atoms with Crippen LogP contribution in [-0.2, 0) is 16.0 Å². The van der Waals surface area contributed by atoms with E-state index in [2.05, 4.69) is 35.2 Å². The van der Waals surface area contributed by atoms with Crippen molar-refractivity contribution in [1.82, 2.24) is 9.80 Å². The lowest BCUT2D eigenvalue weighted by molar-refractivity contribution is -0.135. The third-order valence-corrected chi connectivity index (χ3v) is 6.70.